The van der Waals surface area contributed by atoms with Gasteiger partial charge >= 0.3 is 6.61 Å². The van der Waals surface area contributed by atoms with E-state index in [0.717, 1.165) is 5.56 Å². The van der Waals surface area contributed by atoms with Gasteiger partial charge in [0, 0.05) is 18.3 Å². The molecule has 3 nitrogen and oxygen atoms in total. The Kier molecular flexibility index (Phi) is 4.40. The Morgan fingerprint density at radius 2 is 1.80 bits per heavy atom. The summed E-state index contributed by atoms with van der Waals surface area (Å²) in [7, 11) is 0. The molecule has 5 heteroatoms. The number of halogens is 2. The highest BCUT2D eigenvalue weighted by Gasteiger charge is 2.21. The lowest BCUT2D eigenvalue weighted by Gasteiger charge is -2.14. The molecule has 1 unspecified atom stereocenters. The Morgan fingerprint density at radius 3 is 2.45 bits per heavy atom. The minimum atomic E-state index is -2.96. The number of carbonyl (C=O) groups excluding carboxylic acids is 1. The Bertz CT molecular complexity index is 587. The van der Waals surface area contributed by atoms with Crippen LogP contribution >= 0.6 is 0 Å². The van der Waals surface area contributed by atoms with Crippen molar-refractivity contribution in [2.75, 3.05) is 0 Å². The van der Waals surface area contributed by atoms with Crippen molar-refractivity contribution in [2.45, 2.75) is 19.5 Å². The fourth-order valence-corrected chi connectivity index (χ4v) is 1.91. The molecule has 0 saturated heterocycles. The van der Waals surface area contributed by atoms with Crippen LogP contribution in [0.5, 0.6) is 5.75 Å². The van der Waals surface area contributed by atoms with Crippen molar-refractivity contribution >= 4 is 5.78 Å². The molecular weight excluding hydrogens is 264 g/mol. The van der Waals surface area contributed by atoms with Crippen molar-refractivity contribution in [1.82, 2.24) is 4.98 Å². The van der Waals surface area contributed by atoms with E-state index in [1.807, 2.05) is 0 Å². The van der Waals surface area contributed by atoms with Crippen LogP contribution in [0.1, 0.15) is 28.8 Å². The second-order valence-corrected chi connectivity index (χ2v) is 4.24. The Hall–Kier alpha value is -2.30. The summed E-state index contributed by atoms with van der Waals surface area (Å²) in [5.41, 5.74) is 0.925. The maximum atomic E-state index is 12.4. The van der Waals surface area contributed by atoms with Crippen LogP contribution in [0.2, 0.25) is 0 Å². The molecule has 1 atom stereocenters. The number of pyridine rings is 1. The molecule has 2 aromatic rings. The predicted octanol–water partition coefficient (Wildman–Crippen LogP) is 3.67. The van der Waals surface area contributed by atoms with Crippen molar-refractivity contribution < 1.29 is 18.3 Å². The van der Waals surface area contributed by atoms with Crippen LogP contribution in [-0.4, -0.2) is 17.4 Å². The molecule has 104 valence electrons. The first-order valence-corrected chi connectivity index (χ1v) is 6.07. The van der Waals surface area contributed by atoms with Crippen molar-refractivity contribution in [3.63, 3.8) is 0 Å². The van der Waals surface area contributed by atoms with E-state index in [1.54, 1.807) is 43.6 Å². The standard InChI is InChI=1S/C15H13F2NO2/c1-10(11-6-8-18-9-7-11)14(19)12-4-2-3-5-13(12)20-15(16)17/h2-10,15H,1H3. The van der Waals surface area contributed by atoms with Gasteiger partial charge in [-0.1, -0.05) is 19.1 Å². The third-order valence-electron chi connectivity index (χ3n) is 2.97. The molecule has 0 N–H and O–H groups in total. The van der Waals surface area contributed by atoms with E-state index in [2.05, 4.69) is 9.72 Å². The maximum Gasteiger partial charge on any atom is 0.387 e. The number of carbonyl (C=O) groups is 1. The highest BCUT2D eigenvalue weighted by atomic mass is 19.3. The Labute approximate surface area is 115 Å². The van der Waals surface area contributed by atoms with Crippen LogP contribution < -0.4 is 4.74 Å². The summed E-state index contributed by atoms with van der Waals surface area (Å²) in [5, 5.41) is 0. The van der Waals surface area contributed by atoms with Crippen LogP contribution in [0.3, 0.4) is 0 Å². The van der Waals surface area contributed by atoms with Gasteiger partial charge < -0.3 is 4.74 Å². The molecule has 0 aliphatic rings. The van der Waals surface area contributed by atoms with E-state index in [1.165, 1.54) is 12.1 Å². The van der Waals surface area contributed by atoms with E-state index >= 15 is 0 Å². The zero-order valence-corrected chi connectivity index (χ0v) is 10.8. The third kappa shape index (κ3) is 3.17. The molecule has 2 rings (SSSR count). The van der Waals surface area contributed by atoms with E-state index in [9.17, 15) is 13.6 Å². The van der Waals surface area contributed by atoms with Gasteiger partial charge in [-0.05, 0) is 29.8 Å². The van der Waals surface area contributed by atoms with Gasteiger partial charge in [-0.3, -0.25) is 9.78 Å². The van der Waals surface area contributed by atoms with E-state index in [4.69, 9.17) is 0 Å². The number of hydrogen-bond donors (Lipinski definition) is 0. The smallest absolute Gasteiger partial charge is 0.387 e. The topological polar surface area (TPSA) is 39.2 Å². The third-order valence-corrected chi connectivity index (χ3v) is 2.97. The first-order chi connectivity index (χ1) is 9.59. The highest BCUT2D eigenvalue weighted by molar-refractivity contribution is 6.02. The van der Waals surface area contributed by atoms with Gasteiger partial charge in [0.05, 0.1) is 5.56 Å². The summed E-state index contributed by atoms with van der Waals surface area (Å²) >= 11 is 0. The van der Waals surface area contributed by atoms with Crippen LogP contribution in [0.15, 0.2) is 48.8 Å². The van der Waals surface area contributed by atoms with Crippen molar-refractivity contribution in [3.05, 3.63) is 59.9 Å². The molecule has 0 aliphatic heterocycles. The molecule has 0 fully saturated rings. The summed E-state index contributed by atoms with van der Waals surface area (Å²) in [6, 6.07) is 9.45. The first kappa shape index (κ1) is 14.1. The number of para-hydroxylation sites is 1. The van der Waals surface area contributed by atoms with Crippen molar-refractivity contribution in [2.24, 2.45) is 0 Å². The minimum Gasteiger partial charge on any atom is -0.434 e. The van der Waals surface area contributed by atoms with Crippen molar-refractivity contribution in [1.29, 1.82) is 0 Å². The van der Waals surface area contributed by atoms with Gasteiger partial charge in [0.2, 0.25) is 0 Å². The minimum absolute atomic E-state index is 0.103. The largest absolute Gasteiger partial charge is 0.434 e. The number of nitrogens with zero attached hydrogens (tertiary/aromatic N) is 1. The van der Waals surface area contributed by atoms with Crippen molar-refractivity contribution in [3.8, 4) is 5.75 Å². The summed E-state index contributed by atoms with van der Waals surface area (Å²) in [5.74, 6) is -0.832. The average molecular weight is 277 g/mol. The summed E-state index contributed by atoms with van der Waals surface area (Å²) in [6.45, 7) is -1.24. The molecule has 1 aromatic carbocycles. The van der Waals surface area contributed by atoms with E-state index < -0.39 is 12.5 Å². The number of hydrogen-bond acceptors (Lipinski definition) is 3. The van der Waals surface area contributed by atoms with Gasteiger partial charge in [0.15, 0.2) is 5.78 Å². The molecule has 0 bridgehead atoms. The number of Topliss-reactive ketones (excluding diaryl/α,β-unsaturated/α-hetero) is 1. The fraction of sp³-hybridized carbons (Fsp3) is 0.200. The molecule has 0 amide bonds. The lowest BCUT2D eigenvalue weighted by atomic mass is 9.92. The predicted molar refractivity (Wildman–Crippen MR) is 70.1 cm³/mol. The van der Waals surface area contributed by atoms with Crippen LogP contribution in [0.4, 0.5) is 8.78 Å². The molecule has 20 heavy (non-hydrogen) atoms. The number of aromatic nitrogens is 1. The summed E-state index contributed by atoms with van der Waals surface area (Å²) in [4.78, 5) is 16.3. The zero-order valence-electron chi connectivity index (χ0n) is 10.8. The summed E-state index contributed by atoms with van der Waals surface area (Å²) < 4.78 is 29.1. The second kappa shape index (κ2) is 6.23. The fourth-order valence-electron chi connectivity index (χ4n) is 1.91. The molecule has 0 spiro atoms. The second-order valence-electron chi connectivity index (χ2n) is 4.24. The van der Waals surface area contributed by atoms with Crippen LogP contribution in [-0.2, 0) is 0 Å². The molecule has 0 saturated carbocycles. The van der Waals surface area contributed by atoms with Gasteiger partial charge in [-0.25, -0.2) is 0 Å². The summed E-state index contributed by atoms with van der Waals surface area (Å²) in [6.07, 6.45) is 3.17. The highest BCUT2D eigenvalue weighted by Crippen LogP contribution is 2.27. The van der Waals surface area contributed by atoms with E-state index in [-0.39, 0.29) is 17.1 Å². The Balaban J connectivity index is 2.29. The zero-order chi connectivity index (χ0) is 14.5. The number of benzene rings is 1. The van der Waals surface area contributed by atoms with Crippen LogP contribution in [0, 0.1) is 0 Å². The van der Waals surface area contributed by atoms with Crippen LogP contribution in [0.25, 0.3) is 0 Å². The number of rotatable bonds is 5. The molecule has 0 aliphatic carbocycles. The molecular formula is C15H13F2NO2. The quantitative estimate of drug-likeness (QED) is 0.783. The van der Waals surface area contributed by atoms with Gasteiger partial charge in [-0.15, -0.1) is 0 Å². The Morgan fingerprint density at radius 1 is 1.15 bits per heavy atom. The molecule has 1 aromatic heterocycles. The number of ketones is 1. The van der Waals surface area contributed by atoms with E-state index in [0.29, 0.717) is 0 Å². The molecule has 0 radical (unpaired) electrons. The monoisotopic (exact) mass is 277 g/mol. The maximum absolute atomic E-state index is 12.4. The molecule has 1 heterocycles. The van der Waals surface area contributed by atoms with Gasteiger partial charge in [-0.2, -0.15) is 8.78 Å². The van der Waals surface area contributed by atoms with Gasteiger partial charge in [0.25, 0.3) is 0 Å². The first-order valence-electron chi connectivity index (χ1n) is 6.07. The number of ether oxygens (including phenoxy) is 1. The average Bonchev–Trinajstić information content (AvgIpc) is 2.46. The lowest BCUT2D eigenvalue weighted by Crippen LogP contribution is -2.13. The number of alkyl halides is 2. The lowest BCUT2D eigenvalue weighted by molar-refractivity contribution is -0.0501. The normalized spacial score (nSPS) is 12.2. The van der Waals surface area contributed by atoms with Gasteiger partial charge in [0.1, 0.15) is 5.75 Å². The SMILES string of the molecule is CC(C(=O)c1ccccc1OC(F)F)c1ccncc1.